The van der Waals surface area contributed by atoms with E-state index in [1.54, 1.807) is 12.1 Å². The van der Waals surface area contributed by atoms with Gasteiger partial charge in [0.15, 0.2) is 0 Å². The number of rotatable bonds is 5. The van der Waals surface area contributed by atoms with Crippen LogP contribution in [0.4, 0.5) is 9.18 Å². The lowest BCUT2D eigenvalue weighted by Crippen LogP contribution is -2.65. The van der Waals surface area contributed by atoms with E-state index in [0.29, 0.717) is 17.1 Å². The zero-order valence-electron chi connectivity index (χ0n) is 15.2. The van der Waals surface area contributed by atoms with Crippen LogP contribution in [0.3, 0.4) is 0 Å². The van der Waals surface area contributed by atoms with Crippen LogP contribution in [-0.2, 0) is 0 Å². The number of nitrogens with one attached hydrogen (secondary N) is 2. The van der Waals surface area contributed by atoms with Crippen molar-refractivity contribution in [3.8, 4) is 10.4 Å². The van der Waals surface area contributed by atoms with Crippen molar-refractivity contribution in [1.82, 2.24) is 15.6 Å². The lowest BCUT2D eigenvalue weighted by molar-refractivity contribution is 0.0715. The number of nitrogens with zero attached hydrogens (tertiary/aromatic N) is 1. The molecule has 1 saturated heterocycles. The number of benzene rings is 1. The Hall–Kier alpha value is -2.32. The first kappa shape index (κ1) is 19.4. The number of ketones is 1. The lowest BCUT2D eigenvalue weighted by Gasteiger charge is -2.42. The van der Waals surface area contributed by atoms with Crippen molar-refractivity contribution < 1.29 is 19.1 Å². The summed E-state index contributed by atoms with van der Waals surface area (Å²) in [4.78, 5) is 29.8. The molecule has 0 aliphatic carbocycles. The van der Waals surface area contributed by atoms with Crippen LogP contribution in [0.5, 0.6) is 0 Å². The smallest absolute Gasteiger partial charge is 0.404 e. The molecule has 0 unspecified atom stereocenters. The number of carboxylic acid groups (broad SMARTS) is 1. The number of amides is 1. The normalized spacial score (nSPS) is 22.4. The number of Topliss-reactive ketones (excluding diaryl/α,β-unsaturated/α-hetero) is 1. The molecule has 2 aromatic rings. The third-order valence-corrected chi connectivity index (χ3v) is 6.09. The molecule has 2 atom stereocenters. The summed E-state index contributed by atoms with van der Waals surface area (Å²) in [6.45, 7) is 4.37. The number of piperidine rings is 1. The van der Waals surface area contributed by atoms with Gasteiger partial charge < -0.3 is 15.7 Å². The maximum atomic E-state index is 13.6. The van der Waals surface area contributed by atoms with Gasteiger partial charge in [-0.1, -0.05) is 19.1 Å². The topological polar surface area (TPSA) is 91.3 Å². The van der Waals surface area contributed by atoms with Crippen LogP contribution in [0.15, 0.2) is 24.3 Å². The van der Waals surface area contributed by atoms with E-state index in [9.17, 15) is 14.0 Å². The zero-order valence-corrected chi connectivity index (χ0v) is 16.0. The van der Waals surface area contributed by atoms with Crippen LogP contribution >= 0.6 is 11.3 Å². The summed E-state index contributed by atoms with van der Waals surface area (Å²) in [5, 5.41) is 15.4. The highest BCUT2D eigenvalue weighted by molar-refractivity contribution is 7.15. The van der Waals surface area contributed by atoms with Gasteiger partial charge >= 0.3 is 6.09 Å². The van der Waals surface area contributed by atoms with Gasteiger partial charge in [0.1, 0.15) is 17.1 Å². The van der Waals surface area contributed by atoms with Gasteiger partial charge in [-0.15, -0.1) is 11.3 Å². The number of carbonyl (C=O) groups excluding carboxylic acids is 1. The molecule has 1 aromatic carbocycles. The fourth-order valence-electron chi connectivity index (χ4n) is 3.57. The molecule has 1 fully saturated rings. The van der Waals surface area contributed by atoms with Crippen LogP contribution in [0.2, 0.25) is 0 Å². The second-order valence-corrected chi connectivity index (χ2v) is 8.05. The Morgan fingerprint density at radius 3 is 2.74 bits per heavy atom. The highest BCUT2D eigenvalue weighted by Crippen LogP contribution is 2.36. The van der Waals surface area contributed by atoms with E-state index in [0.717, 1.165) is 23.4 Å². The summed E-state index contributed by atoms with van der Waals surface area (Å²) < 4.78 is 13.3. The molecule has 1 aromatic heterocycles. The third kappa shape index (κ3) is 3.86. The standard InChI is InChI=1S/C19H22FN3O3S/c1-11-4-3-9-22-19(11,10-21-18(25)26)17(24)15-16(27-12(2)23-15)13-5-7-14(20)8-6-13/h5-8,11,21-22H,3-4,9-10H2,1-2H3,(H,25,26)/t11-,19-/m1/s1. The quantitative estimate of drug-likeness (QED) is 0.679. The van der Waals surface area contributed by atoms with Crippen LogP contribution in [0.25, 0.3) is 10.4 Å². The van der Waals surface area contributed by atoms with Gasteiger partial charge in [0.25, 0.3) is 0 Å². The van der Waals surface area contributed by atoms with E-state index < -0.39 is 11.6 Å². The molecule has 0 bridgehead atoms. The minimum absolute atomic E-state index is 0.0260. The third-order valence-electron chi connectivity index (χ3n) is 5.07. The Balaban J connectivity index is 2.04. The highest BCUT2D eigenvalue weighted by Gasteiger charge is 2.47. The molecule has 0 radical (unpaired) electrons. The van der Waals surface area contributed by atoms with Gasteiger partial charge in [-0.25, -0.2) is 14.2 Å². The minimum Gasteiger partial charge on any atom is -0.465 e. The molecule has 0 saturated carbocycles. The maximum Gasteiger partial charge on any atom is 0.404 e. The van der Waals surface area contributed by atoms with Gasteiger partial charge in [-0.3, -0.25) is 4.79 Å². The molecular formula is C19H22FN3O3S. The van der Waals surface area contributed by atoms with Gasteiger partial charge in [-0.2, -0.15) is 0 Å². The van der Waals surface area contributed by atoms with Gasteiger partial charge in [0.2, 0.25) is 5.78 Å². The first-order valence-electron chi connectivity index (χ1n) is 8.83. The maximum absolute atomic E-state index is 13.6. The van der Waals surface area contributed by atoms with Crippen molar-refractivity contribution in [2.45, 2.75) is 32.2 Å². The van der Waals surface area contributed by atoms with Crippen molar-refractivity contribution in [3.05, 3.63) is 40.8 Å². The molecular weight excluding hydrogens is 369 g/mol. The van der Waals surface area contributed by atoms with Gasteiger partial charge in [-0.05, 0) is 49.9 Å². The average Bonchev–Trinajstić information content (AvgIpc) is 3.03. The Morgan fingerprint density at radius 2 is 2.11 bits per heavy atom. The summed E-state index contributed by atoms with van der Waals surface area (Å²) in [5.74, 6) is -0.640. The number of aryl methyl sites for hydroxylation is 1. The highest BCUT2D eigenvalue weighted by atomic mass is 32.1. The van der Waals surface area contributed by atoms with E-state index in [1.165, 1.54) is 23.5 Å². The molecule has 144 valence electrons. The summed E-state index contributed by atoms with van der Waals surface area (Å²) in [6, 6.07) is 5.95. The summed E-state index contributed by atoms with van der Waals surface area (Å²) >= 11 is 1.37. The van der Waals surface area contributed by atoms with Crippen LogP contribution in [0, 0.1) is 18.7 Å². The number of halogens is 1. The Kier molecular flexibility index (Phi) is 5.57. The first-order chi connectivity index (χ1) is 12.8. The van der Waals surface area contributed by atoms with Crippen LogP contribution in [0.1, 0.15) is 35.3 Å². The fraction of sp³-hybridized carbons (Fsp3) is 0.421. The van der Waals surface area contributed by atoms with Crippen molar-refractivity contribution in [2.75, 3.05) is 13.1 Å². The Labute approximate surface area is 160 Å². The predicted molar refractivity (Wildman–Crippen MR) is 102 cm³/mol. The average molecular weight is 391 g/mol. The summed E-state index contributed by atoms with van der Waals surface area (Å²) in [5.41, 5.74) is -0.0286. The summed E-state index contributed by atoms with van der Waals surface area (Å²) in [6.07, 6.45) is 0.564. The van der Waals surface area contributed by atoms with Crippen molar-refractivity contribution in [3.63, 3.8) is 0 Å². The molecule has 3 N–H and O–H groups in total. The van der Waals surface area contributed by atoms with Crippen molar-refractivity contribution in [2.24, 2.45) is 5.92 Å². The number of carbonyl (C=O) groups is 2. The first-order valence-corrected chi connectivity index (χ1v) is 9.65. The lowest BCUT2D eigenvalue weighted by atomic mass is 9.74. The SMILES string of the molecule is Cc1nc(C(=O)[C@]2(CNC(=O)O)NCCC[C@H]2C)c(-c2ccc(F)cc2)s1. The van der Waals surface area contributed by atoms with Crippen molar-refractivity contribution >= 4 is 23.2 Å². The van der Waals surface area contributed by atoms with E-state index in [2.05, 4.69) is 15.6 Å². The molecule has 1 aliphatic rings. The van der Waals surface area contributed by atoms with Crippen LogP contribution in [-0.4, -0.2) is 40.6 Å². The van der Waals surface area contributed by atoms with E-state index in [-0.39, 0.29) is 24.1 Å². The second kappa shape index (κ2) is 7.74. The second-order valence-electron chi connectivity index (χ2n) is 6.85. The van der Waals surface area contributed by atoms with Crippen LogP contribution < -0.4 is 10.6 Å². The van der Waals surface area contributed by atoms with E-state index >= 15 is 0 Å². The molecule has 1 amide bonds. The fourth-order valence-corrected chi connectivity index (χ4v) is 4.49. The Bertz CT molecular complexity index is 852. The molecule has 2 heterocycles. The zero-order chi connectivity index (χ0) is 19.6. The Morgan fingerprint density at radius 1 is 1.41 bits per heavy atom. The largest absolute Gasteiger partial charge is 0.465 e. The molecule has 6 nitrogen and oxygen atoms in total. The summed E-state index contributed by atoms with van der Waals surface area (Å²) in [7, 11) is 0. The molecule has 3 rings (SSSR count). The number of aromatic nitrogens is 1. The molecule has 0 spiro atoms. The van der Waals surface area contributed by atoms with Gasteiger partial charge in [0.05, 0.1) is 9.88 Å². The number of hydrogen-bond donors (Lipinski definition) is 3. The predicted octanol–water partition coefficient (Wildman–Crippen LogP) is 3.47. The van der Waals surface area contributed by atoms with E-state index in [1.807, 2.05) is 13.8 Å². The monoisotopic (exact) mass is 391 g/mol. The van der Waals surface area contributed by atoms with Gasteiger partial charge in [0, 0.05) is 6.54 Å². The minimum atomic E-state index is -1.17. The number of hydrogen-bond acceptors (Lipinski definition) is 5. The van der Waals surface area contributed by atoms with Crippen molar-refractivity contribution in [1.29, 1.82) is 0 Å². The number of thiazole rings is 1. The molecule has 27 heavy (non-hydrogen) atoms. The molecule has 1 aliphatic heterocycles. The molecule has 8 heteroatoms. The van der Waals surface area contributed by atoms with E-state index in [4.69, 9.17) is 5.11 Å².